The molecule has 0 unspecified atom stereocenters. The fraction of sp³-hybridized carbons (Fsp3) is 0.538. The maximum atomic E-state index is 5.65. The number of benzene rings is 1. The Morgan fingerprint density at radius 3 is 2.25 bits per heavy atom. The third-order valence-corrected chi connectivity index (χ3v) is 2.17. The Kier molecular flexibility index (Phi) is 5.90. The van der Waals surface area contributed by atoms with Gasteiger partial charge in [0.15, 0.2) is 6.29 Å². The number of ether oxygens (including phenoxy) is 3. The van der Waals surface area contributed by atoms with Gasteiger partial charge in [0.05, 0.1) is 0 Å². The molecule has 0 aliphatic heterocycles. The third kappa shape index (κ3) is 4.21. The van der Waals surface area contributed by atoms with Crippen LogP contribution in [-0.4, -0.2) is 26.1 Å². The summed E-state index contributed by atoms with van der Waals surface area (Å²) < 4.78 is 16.4. The van der Waals surface area contributed by atoms with Crippen LogP contribution in [0.2, 0.25) is 0 Å². The Morgan fingerprint density at radius 2 is 1.69 bits per heavy atom. The van der Waals surface area contributed by atoms with E-state index in [1.54, 1.807) is 0 Å². The van der Waals surface area contributed by atoms with E-state index in [9.17, 15) is 0 Å². The van der Waals surface area contributed by atoms with Crippen LogP contribution in [0.4, 0.5) is 0 Å². The van der Waals surface area contributed by atoms with Crippen molar-refractivity contribution in [2.75, 3.05) is 19.8 Å². The Balaban J connectivity index is 2.45. The number of hydrogen-bond donors (Lipinski definition) is 0. The smallest absolute Gasteiger partial charge is 0.191 e. The van der Waals surface area contributed by atoms with Gasteiger partial charge < -0.3 is 14.2 Å². The van der Waals surface area contributed by atoms with Crippen LogP contribution >= 0.6 is 0 Å². The van der Waals surface area contributed by atoms with E-state index in [-0.39, 0.29) is 6.29 Å². The van der Waals surface area contributed by atoms with E-state index in [4.69, 9.17) is 14.2 Å². The summed E-state index contributed by atoms with van der Waals surface area (Å²) in [5.41, 5.74) is 1.12. The van der Waals surface area contributed by atoms with Gasteiger partial charge in [0.1, 0.15) is 12.4 Å². The van der Waals surface area contributed by atoms with Crippen molar-refractivity contribution >= 4 is 0 Å². The van der Waals surface area contributed by atoms with Crippen molar-refractivity contribution in [2.45, 2.75) is 27.1 Å². The highest BCUT2D eigenvalue weighted by Crippen LogP contribution is 2.16. The van der Waals surface area contributed by atoms with Crippen LogP contribution < -0.4 is 4.74 Å². The van der Waals surface area contributed by atoms with E-state index in [1.165, 1.54) is 0 Å². The first-order valence-electron chi connectivity index (χ1n) is 5.69. The Hall–Kier alpha value is -1.06. The molecule has 0 N–H and O–H groups in total. The van der Waals surface area contributed by atoms with Gasteiger partial charge in [-0.2, -0.15) is 0 Å². The second-order valence-electron chi connectivity index (χ2n) is 3.42. The first kappa shape index (κ1) is 13.0. The highest BCUT2D eigenvalue weighted by molar-refractivity contribution is 5.31. The van der Waals surface area contributed by atoms with E-state index in [0.29, 0.717) is 19.8 Å². The van der Waals surface area contributed by atoms with Gasteiger partial charge in [-0.25, -0.2) is 0 Å². The van der Waals surface area contributed by atoms with Gasteiger partial charge >= 0.3 is 0 Å². The molecule has 1 aromatic carbocycles. The van der Waals surface area contributed by atoms with Crippen LogP contribution in [0.3, 0.4) is 0 Å². The molecule has 0 saturated heterocycles. The average Bonchev–Trinajstić information content (AvgIpc) is 2.28. The minimum absolute atomic E-state index is 0.283. The van der Waals surface area contributed by atoms with Crippen LogP contribution in [0.5, 0.6) is 5.75 Å². The molecule has 16 heavy (non-hydrogen) atoms. The zero-order valence-corrected chi connectivity index (χ0v) is 10.2. The molecule has 1 aromatic rings. The van der Waals surface area contributed by atoms with Gasteiger partial charge in [-0.05, 0) is 32.4 Å². The average molecular weight is 224 g/mol. The summed E-state index contributed by atoms with van der Waals surface area (Å²) in [5, 5.41) is 0. The topological polar surface area (TPSA) is 27.7 Å². The van der Waals surface area contributed by atoms with E-state index in [0.717, 1.165) is 11.3 Å². The molecule has 0 atom stereocenters. The normalized spacial score (nSPS) is 10.8. The zero-order chi connectivity index (χ0) is 11.8. The quantitative estimate of drug-likeness (QED) is 0.666. The first-order valence-corrected chi connectivity index (χ1v) is 5.69. The van der Waals surface area contributed by atoms with Crippen molar-refractivity contribution in [3.63, 3.8) is 0 Å². The maximum Gasteiger partial charge on any atom is 0.191 e. The Morgan fingerprint density at radius 1 is 1.06 bits per heavy atom. The largest absolute Gasteiger partial charge is 0.488 e. The van der Waals surface area contributed by atoms with Crippen LogP contribution in [0, 0.1) is 6.92 Å². The van der Waals surface area contributed by atoms with Gasteiger partial charge in [-0.1, -0.05) is 18.2 Å². The van der Waals surface area contributed by atoms with Gasteiger partial charge in [-0.15, -0.1) is 0 Å². The molecule has 0 saturated carbocycles. The second kappa shape index (κ2) is 7.25. The molecule has 0 aliphatic carbocycles. The molecular formula is C13H20O3. The molecule has 0 amide bonds. The number of rotatable bonds is 7. The van der Waals surface area contributed by atoms with Gasteiger partial charge in [0.25, 0.3) is 0 Å². The maximum absolute atomic E-state index is 5.65. The highest BCUT2D eigenvalue weighted by Gasteiger charge is 2.09. The molecule has 0 aromatic heterocycles. The Bertz CT molecular complexity index is 293. The summed E-state index contributed by atoms with van der Waals surface area (Å²) in [5.74, 6) is 0.881. The summed E-state index contributed by atoms with van der Waals surface area (Å²) >= 11 is 0. The lowest BCUT2D eigenvalue weighted by molar-refractivity contribution is -0.152. The lowest BCUT2D eigenvalue weighted by Crippen LogP contribution is -2.25. The van der Waals surface area contributed by atoms with E-state index in [2.05, 4.69) is 0 Å². The van der Waals surface area contributed by atoms with Gasteiger partial charge in [0.2, 0.25) is 0 Å². The van der Waals surface area contributed by atoms with Crippen molar-refractivity contribution in [1.82, 2.24) is 0 Å². The fourth-order valence-electron chi connectivity index (χ4n) is 1.39. The summed E-state index contributed by atoms with van der Waals surface area (Å²) in [6.07, 6.45) is -0.283. The van der Waals surface area contributed by atoms with Crippen molar-refractivity contribution in [3.05, 3.63) is 29.8 Å². The fourth-order valence-corrected chi connectivity index (χ4v) is 1.39. The summed E-state index contributed by atoms with van der Waals surface area (Å²) in [7, 11) is 0. The SMILES string of the molecule is CCOC(COc1ccccc1C)OCC. The highest BCUT2D eigenvalue weighted by atomic mass is 16.7. The lowest BCUT2D eigenvalue weighted by atomic mass is 10.2. The molecule has 90 valence electrons. The molecule has 0 radical (unpaired) electrons. The van der Waals surface area contributed by atoms with Crippen LogP contribution in [0.15, 0.2) is 24.3 Å². The molecule has 0 fully saturated rings. The number of para-hydroxylation sites is 1. The molecule has 3 nitrogen and oxygen atoms in total. The predicted molar refractivity (Wildman–Crippen MR) is 63.7 cm³/mol. The second-order valence-corrected chi connectivity index (χ2v) is 3.42. The molecule has 3 heteroatoms. The Labute approximate surface area is 97.3 Å². The van der Waals surface area contributed by atoms with Crippen molar-refractivity contribution in [2.24, 2.45) is 0 Å². The molecule has 0 spiro atoms. The third-order valence-electron chi connectivity index (χ3n) is 2.17. The van der Waals surface area contributed by atoms with Crippen LogP contribution in [-0.2, 0) is 9.47 Å². The summed E-state index contributed by atoms with van der Waals surface area (Å²) in [6.45, 7) is 7.58. The van der Waals surface area contributed by atoms with Gasteiger partial charge in [0, 0.05) is 13.2 Å². The zero-order valence-electron chi connectivity index (χ0n) is 10.2. The van der Waals surface area contributed by atoms with Crippen LogP contribution in [0.25, 0.3) is 0 Å². The van der Waals surface area contributed by atoms with Crippen molar-refractivity contribution in [1.29, 1.82) is 0 Å². The predicted octanol–water partition coefficient (Wildman–Crippen LogP) is 2.77. The standard InChI is InChI=1S/C13H20O3/c1-4-14-13(15-5-2)10-16-12-9-7-6-8-11(12)3/h6-9,13H,4-5,10H2,1-3H3. The van der Waals surface area contributed by atoms with Gasteiger partial charge in [-0.3, -0.25) is 0 Å². The monoisotopic (exact) mass is 224 g/mol. The summed E-state index contributed by atoms with van der Waals surface area (Å²) in [4.78, 5) is 0. The van der Waals surface area contributed by atoms with Crippen molar-refractivity contribution < 1.29 is 14.2 Å². The minimum atomic E-state index is -0.283. The van der Waals surface area contributed by atoms with E-state index >= 15 is 0 Å². The van der Waals surface area contributed by atoms with Crippen LogP contribution in [0.1, 0.15) is 19.4 Å². The first-order chi connectivity index (χ1) is 7.77. The molecule has 0 aliphatic rings. The lowest BCUT2D eigenvalue weighted by Gasteiger charge is -2.18. The summed E-state index contributed by atoms with van der Waals surface area (Å²) in [6, 6.07) is 7.92. The minimum Gasteiger partial charge on any atom is -0.488 e. The molecule has 0 bridgehead atoms. The molecule has 0 heterocycles. The number of aryl methyl sites for hydroxylation is 1. The van der Waals surface area contributed by atoms with E-state index < -0.39 is 0 Å². The molecular weight excluding hydrogens is 204 g/mol. The van der Waals surface area contributed by atoms with E-state index in [1.807, 2.05) is 45.0 Å². The molecule has 1 rings (SSSR count). The number of hydrogen-bond acceptors (Lipinski definition) is 3. The van der Waals surface area contributed by atoms with Crippen molar-refractivity contribution in [3.8, 4) is 5.75 Å².